The van der Waals surface area contributed by atoms with E-state index in [2.05, 4.69) is 4.90 Å². The van der Waals surface area contributed by atoms with Crippen LogP contribution in [0.15, 0.2) is 18.2 Å². The van der Waals surface area contributed by atoms with Crippen molar-refractivity contribution in [3.05, 3.63) is 35.4 Å². The molecule has 1 aliphatic rings. The Hall–Kier alpha value is -1.04. The minimum absolute atomic E-state index is 0.385. The van der Waals surface area contributed by atoms with Gasteiger partial charge in [-0.25, -0.2) is 8.78 Å². The van der Waals surface area contributed by atoms with E-state index in [4.69, 9.17) is 10.5 Å². The van der Waals surface area contributed by atoms with Gasteiger partial charge in [-0.05, 0) is 31.5 Å². The van der Waals surface area contributed by atoms with Crippen molar-refractivity contribution in [3.8, 4) is 0 Å². The molecule has 0 aliphatic carbocycles. The summed E-state index contributed by atoms with van der Waals surface area (Å²) in [5.74, 6) is -1.19. The third-order valence-corrected chi connectivity index (χ3v) is 3.83. The van der Waals surface area contributed by atoms with E-state index >= 15 is 0 Å². The van der Waals surface area contributed by atoms with Crippen LogP contribution in [0.25, 0.3) is 0 Å². The Kier molecular flexibility index (Phi) is 4.18. The van der Waals surface area contributed by atoms with Crippen molar-refractivity contribution in [2.75, 3.05) is 26.3 Å². The smallest absolute Gasteiger partial charge is 0.126 e. The first kappa shape index (κ1) is 14.4. The SMILES string of the molecule is CC(C)(C(N)c1cc(F)cc(F)c1)N1CCOCC1. The first-order valence-electron chi connectivity index (χ1n) is 6.45. The average Bonchev–Trinajstić information content (AvgIpc) is 2.37. The second-order valence-electron chi connectivity index (χ2n) is 5.43. The molecule has 19 heavy (non-hydrogen) atoms. The molecule has 106 valence electrons. The Labute approximate surface area is 112 Å². The molecular weight excluding hydrogens is 250 g/mol. The number of hydrogen-bond acceptors (Lipinski definition) is 3. The molecule has 1 aromatic carbocycles. The van der Waals surface area contributed by atoms with Gasteiger partial charge in [0, 0.05) is 30.7 Å². The Morgan fingerprint density at radius 3 is 2.21 bits per heavy atom. The molecule has 0 radical (unpaired) electrons. The maximum atomic E-state index is 13.3. The van der Waals surface area contributed by atoms with Crippen LogP contribution in [-0.4, -0.2) is 36.7 Å². The molecule has 5 heteroatoms. The fourth-order valence-corrected chi connectivity index (χ4v) is 2.50. The highest BCUT2D eigenvalue weighted by molar-refractivity contribution is 5.24. The third-order valence-electron chi connectivity index (χ3n) is 3.83. The summed E-state index contributed by atoms with van der Waals surface area (Å²) in [5, 5.41) is 0. The summed E-state index contributed by atoms with van der Waals surface area (Å²) in [7, 11) is 0. The van der Waals surface area contributed by atoms with E-state index in [0.29, 0.717) is 18.8 Å². The van der Waals surface area contributed by atoms with Crippen LogP contribution in [0.4, 0.5) is 8.78 Å². The largest absolute Gasteiger partial charge is 0.379 e. The van der Waals surface area contributed by atoms with Gasteiger partial charge in [-0.1, -0.05) is 0 Å². The maximum Gasteiger partial charge on any atom is 0.126 e. The number of nitrogens with two attached hydrogens (primary N) is 1. The van der Waals surface area contributed by atoms with Crippen molar-refractivity contribution in [1.82, 2.24) is 4.90 Å². The van der Waals surface area contributed by atoms with Crippen molar-refractivity contribution < 1.29 is 13.5 Å². The van der Waals surface area contributed by atoms with Crippen molar-refractivity contribution >= 4 is 0 Å². The predicted molar refractivity (Wildman–Crippen MR) is 69.8 cm³/mol. The quantitative estimate of drug-likeness (QED) is 0.914. The van der Waals surface area contributed by atoms with Gasteiger partial charge in [0.1, 0.15) is 11.6 Å². The molecule has 1 unspecified atom stereocenters. The van der Waals surface area contributed by atoms with Gasteiger partial charge in [-0.2, -0.15) is 0 Å². The molecule has 0 saturated carbocycles. The van der Waals surface area contributed by atoms with E-state index in [-0.39, 0.29) is 5.54 Å². The summed E-state index contributed by atoms with van der Waals surface area (Å²) < 4.78 is 31.9. The Bertz CT molecular complexity index is 425. The van der Waals surface area contributed by atoms with Crippen LogP contribution in [-0.2, 0) is 4.74 Å². The molecule has 2 N–H and O–H groups in total. The molecule has 0 aromatic heterocycles. The average molecular weight is 270 g/mol. The molecule has 1 fully saturated rings. The fraction of sp³-hybridized carbons (Fsp3) is 0.571. The Balaban J connectivity index is 2.22. The molecule has 1 aromatic rings. The lowest BCUT2D eigenvalue weighted by Gasteiger charge is -2.44. The normalized spacial score (nSPS) is 19.4. The van der Waals surface area contributed by atoms with E-state index in [1.807, 2.05) is 13.8 Å². The number of nitrogens with zero attached hydrogens (tertiary/aromatic N) is 1. The van der Waals surface area contributed by atoms with Gasteiger partial charge < -0.3 is 10.5 Å². The van der Waals surface area contributed by atoms with Gasteiger partial charge in [-0.3, -0.25) is 4.90 Å². The molecular formula is C14H20F2N2O. The number of ether oxygens (including phenoxy) is 1. The van der Waals surface area contributed by atoms with Crippen LogP contribution in [0.5, 0.6) is 0 Å². The summed E-state index contributed by atoms with van der Waals surface area (Å²) in [5.41, 5.74) is 6.32. The summed E-state index contributed by atoms with van der Waals surface area (Å²) in [4.78, 5) is 2.20. The van der Waals surface area contributed by atoms with Crippen LogP contribution in [0.2, 0.25) is 0 Å². The first-order valence-corrected chi connectivity index (χ1v) is 6.45. The highest BCUT2D eigenvalue weighted by Gasteiger charge is 2.35. The number of morpholine rings is 1. The standard InChI is InChI=1S/C14H20F2N2O/c1-14(2,18-3-5-19-6-4-18)13(17)10-7-11(15)9-12(16)8-10/h7-9,13H,3-6,17H2,1-2H3. The zero-order valence-electron chi connectivity index (χ0n) is 11.3. The van der Waals surface area contributed by atoms with E-state index in [1.165, 1.54) is 12.1 Å². The lowest BCUT2D eigenvalue weighted by atomic mass is 9.87. The number of rotatable bonds is 3. The van der Waals surface area contributed by atoms with Gasteiger partial charge in [0.15, 0.2) is 0 Å². The highest BCUT2D eigenvalue weighted by atomic mass is 19.1. The molecule has 0 amide bonds. The Morgan fingerprint density at radius 1 is 1.16 bits per heavy atom. The van der Waals surface area contributed by atoms with Gasteiger partial charge >= 0.3 is 0 Å². The van der Waals surface area contributed by atoms with Crippen LogP contribution in [0.1, 0.15) is 25.5 Å². The summed E-state index contributed by atoms with van der Waals surface area (Å²) in [6.45, 7) is 6.86. The highest BCUT2D eigenvalue weighted by Crippen LogP contribution is 2.30. The van der Waals surface area contributed by atoms with Crippen LogP contribution in [0.3, 0.4) is 0 Å². The maximum absolute atomic E-state index is 13.3. The van der Waals surface area contributed by atoms with Crippen molar-refractivity contribution in [3.63, 3.8) is 0 Å². The monoisotopic (exact) mass is 270 g/mol. The van der Waals surface area contributed by atoms with Gasteiger partial charge in [0.25, 0.3) is 0 Å². The molecule has 1 atom stereocenters. The molecule has 3 nitrogen and oxygen atoms in total. The first-order chi connectivity index (χ1) is 8.91. The van der Waals surface area contributed by atoms with E-state index in [0.717, 1.165) is 19.2 Å². The van der Waals surface area contributed by atoms with Gasteiger partial charge in [0.05, 0.1) is 13.2 Å². The minimum Gasteiger partial charge on any atom is -0.379 e. The lowest BCUT2D eigenvalue weighted by Crippen LogP contribution is -2.55. The predicted octanol–water partition coefficient (Wildman–Crippen LogP) is 2.08. The zero-order chi connectivity index (χ0) is 14.0. The van der Waals surface area contributed by atoms with Gasteiger partial charge in [-0.15, -0.1) is 0 Å². The van der Waals surface area contributed by atoms with Crippen LogP contribution >= 0.6 is 0 Å². The summed E-state index contributed by atoms with van der Waals surface area (Å²) in [6.07, 6.45) is 0. The molecule has 2 rings (SSSR count). The third kappa shape index (κ3) is 3.11. The molecule has 0 spiro atoms. The minimum atomic E-state index is -0.594. The topological polar surface area (TPSA) is 38.5 Å². The molecule has 0 bridgehead atoms. The second-order valence-corrected chi connectivity index (χ2v) is 5.43. The van der Waals surface area contributed by atoms with E-state index in [1.54, 1.807) is 0 Å². The second kappa shape index (κ2) is 5.53. The number of benzene rings is 1. The van der Waals surface area contributed by atoms with Crippen molar-refractivity contribution in [2.45, 2.75) is 25.4 Å². The fourth-order valence-electron chi connectivity index (χ4n) is 2.50. The van der Waals surface area contributed by atoms with Crippen LogP contribution in [0, 0.1) is 11.6 Å². The molecule has 1 heterocycles. The van der Waals surface area contributed by atoms with Crippen molar-refractivity contribution in [1.29, 1.82) is 0 Å². The van der Waals surface area contributed by atoms with Crippen molar-refractivity contribution in [2.24, 2.45) is 5.73 Å². The summed E-state index contributed by atoms with van der Waals surface area (Å²) in [6, 6.07) is 3.00. The van der Waals surface area contributed by atoms with E-state index < -0.39 is 17.7 Å². The number of halogens is 2. The lowest BCUT2D eigenvalue weighted by molar-refractivity contribution is -0.0191. The molecule has 1 aliphatic heterocycles. The van der Waals surface area contributed by atoms with Crippen LogP contribution < -0.4 is 5.73 Å². The molecule has 1 saturated heterocycles. The van der Waals surface area contributed by atoms with E-state index in [9.17, 15) is 8.78 Å². The Morgan fingerprint density at radius 2 is 1.68 bits per heavy atom. The zero-order valence-corrected chi connectivity index (χ0v) is 11.3. The number of hydrogen-bond donors (Lipinski definition) is 1. The van der Waals surface area contributed by atoms with Gasteiger partial charge in [0.2, 0.25) is 0 Å². The summed E-state index contributed by atoms with van der Waals surface area (Å²) >= 11 is 0.